The van der Waals surface area contributed by atoms with E-state index in [-0.39, 0.29) is 23.4 Å². The van der Waals surface area contributed by atoms with Gasteiger partial charge in [-0.25, -0.2) is 19.6 Å². The molecule has 10 nitrogen and oxygen atoms in total. The number of rotatable bonds is 5. The van der Waals surface area contributed by atoms with Gasteiger partial charge < -0.3 is 26.4 Å². The zero-order valence-corrected chi connectivity index (χ0v) is 22.4. The van der Waals surface area contributed by atoms with Crippen LogP contribution >= 0.6 is 0 Å². The third-order valence-electron chi connectivity index (χ3n) is 5.49. The number of nitrogens with one attached hydrogen (secondary N) is 1. The molecule has 252 valence electrons. The zero-order valence-electron chi connectivity index (χ0n) is 22.4. The molecule has 0 aliphatic carbocycles. The van der Waals surface area contributed by atoms with Gasteiger partial charge in [-0.15, -0.1) is 0 Å². The number of halogens is 12. The van der Waals surface area contributed by atoms with Gasteiger partial charge in [0.2, 0.25) is 0 Å². The standard InChI is InChI=1S/C19H19F6N5O.2C2HF3O2/c1-10-3-4-11(17(31,5-6-27-2)19(23,24)25)7-12(10)13-8-28-16-15(26)29-14(9-30(13)16)18(20,21)22;2*3-2(4,5)1(6)7/h3-4,7-9,27,31H,5-6H2,1-2H3,(H2,26,29);2*(H,6,7). The first-order chi connectivity index (χ1) is 20.2. The molecule has 0 saturated carbocycles. The molecule has 0 amide bonds. The summed E-state index contributed by atoms with van der Waals surface area (Å²) < 4.78 is 145. The predicted molar refractivity (Wildman–Crippen MR) is 128 cm³/mol. The topological polar surface area (TPSA) is 163 Å². The van der Waals surface area contributed by atoms with E-state index in [1.165, 1.54) is 19.3 Å². The second kappa shape index (κ2) is 13.7. The lowest BCUT2D eigenvalue weighted by Crippen LogP contribution is -2.44. The first-order valence-corrected chi connectivity index (χ1v) is 11.5. The summed E-state index contributed by atoms with van der Waals surface area (Å²) in [6, 6.07) is 3.60. The average molecular weight is 675 g/mol. The van der Waals surface area contributed by atoms with Crippen LogP contribution < -0.4 is 11.1 Å². The highest BCUT2D eigenvalue weighted by Gasteiger charge is 2.54. The number of anilines is 1. The minimum Gasteiger partial charge on any atom is -0.475 e. The number of nitrogens with two attached hydrogens (primary N) is 1. The highest BCUT2D eigenvalue weighted by Crippen LogP contribution is 2.43. The molecule has 0 bridgehead atoms. The average Bonchev–Trinajstić information content (AvgIpc) is 3.30. The molecule has 0 fully saturated rings. The lowest BCUT2D eigenvalue weighted by molar-refractivity contribution is -0.268. The van der Waals surface area contributed by atoms with Gasteiger partial charge in [-0.1, -0.05) is 12.1 Å². The third kappa shape index (κ3) is 9.83. The molecular formula is C23H21F12N5O5. The van der Waals surface area contributed by atoms with E-state index in [2.05, 4.69) is 15.3 Å². The molecule has 1 atom stereocenters. The summed E-state index contributed by atoms with van der Waals surface area (Å²) in [5.74, 6) is -5.99. The number of alkyl halides is 12. The number of aryl methyl sites for hydroxylation is 1. The Labute approximate surface area is 243 Å². The number of carbonyl (C=O) groups is 2. The van der Waals surface area contributed by atoms with Crippen molar-refractivity contribution in [2.24, 2.45) is 0 Å². The van der Waals surface area contributed by atoms with E-state index in [1.54, 1.807) is 6.92 Å². The Hall–Kier alpha value is -4.34. The van der Waals surface area contributed by atoms with Gasteiger partial charge in [0.05, 0.1) is 11.9 Å². The number of hydrogen-bond acceptors (Lipinski definition) is 7. The molecule has 1 unspecified atom stereocenters. The zero-order chi connectivity index (χ0) is 35.3. The van der Waals surface area contributed by atoms with Crippen LogP contribution in [0, 0.1) is 6.92 Å². The van der Waals surface area contributed by atoms with Gasteiger partial charge in [0.1, 0.15) is 0 Å². The van der Waals surface area contributed by atoms with E-state index < -0.39 is 65.7 Å². The maximum Gasteiger partial charge on any atom is 0.490 e. The van der Waals surface area contributed by atoms with E-state index in [0.717, 1.165) is 16.5 Å². The normalized spacial score (nSPS) is 13.7. The Kier molecular flexibility index (Phi) is 11.8. The maximum absolute atomic E-state index is 13.7. The Morgan fingerprint density at radius 2 is 1.42 bits per heavy atom. The summed E-state index contributed by atoms with van der Waals surface area (Å²) in [5.41, 5.74) is 1.36. The number of aliphatic carboxylic acids is 2. The van der Waals surface area contributed by atoms with Gasteiger partial charge in [-0.2, -0.15) is 52.7 Å². The second-order valence-electron chi connectivity index (χ2n) is 8.69. The molecule has 3 aromatic rings. The van der Waals surface area contributed by atoms with Crippen LogP contribution in [0.5, 0.6) is 0 Å². The van der Waals surface area contributed by atoms with Crippen LogP contribution in [0.3, 0.4) is 0 Å². The Morgan fingerprint density at radius 3 is 1.82 bits per heavy atom. The van der Waals surface area contributed by atoms with Crippen LogP contribution in [0.25, 0.3) is 16.9 Å². The smallest absolute Gasteiger partial charge is 0.475 e. The first kappa shape index (κ1) is 38.7. The van der Waals surface area contributed by atoms with Crippen LogP contribution in [-0.2, 0) is 21.4 Å². The molecule has 45 heavy (non-hydrogen) atoms. The van der Waals surface area contributed by atoms with Crippen LogP contribution in [0.1, 0.15) is 23.2 Å². The lowest BCUT2D eigenvalue weighted by atomic mass is 9.87. The van der Waals surface area contributed by atoms with E-state index in [4.69, 9.17) is 25.5 Å². The fourth-order valence-corrected chi connectivity index (χ4v) is 3.26. The van der Waals surface area contributed by atoms with Crippen molar-refractivity contribution in [3.8, 4) is 11.3 Å². The number of hydrogen-bond donors (Lipinski definition) is 5. The van der Waals surface area contributed by atoms with Crippen molar-refractivity contribution >= 4 is 23.4 Å². The number of imidazole rings is 1. The number of fused-ring (bicyclic) bond motifs is 1. The second-order valence-corrected chi connectivity index (χ2v) is 8.69. The summed E-state index contributed by atoms with van der Waals surface area (Å²) in [6.07, 6.45) is -18.7. The highest BCUT2D eigenvalue weighted by molar-refractivity contribution is 5.73. The van der Waals surface area contributed by atoms with E-state index in [1.807, 2.05) is 0 Å². The van der Waals surface area contributed by atoms with Crippen molar-refractivity contribution in [1.29, 1.82) is 0 Å². The highest BCUT2D eigenvalue weighted by atomic mass is 19.4. The van der Waals surface area contributed by atoms with Gasteiger partial charge >= 0.3 is 36.6 Å². The molecule has 3 rings (SSSR count). The fourth-order valence-electron chi connectivity index (χ4n) is 3.26. The van der Waals surface area contributed by atoms with Crippen molar-refractivity contribution in [2.45, 2.75) is 43.7 Å². The molecule has 6 N–H and O–H groups in total. The van der Waals surface area contributed by atoms with E-state index in [9.17, 15) is 57.8 Å². The molecule has 22 heteroatoms. The van der Waals surface area contributed by atoms with Gasteiger partial charge in [0.15, 0.2) is 22.8 Å². The van der Waals surface area contributed by atoms with Crippen LogP contribution in [0.15, 0.2) is 30.6 Å². The lowest BCUT2D eigenvalue weighted by Gasteiger charge is -2.31. The minimum absolute atomic E-state index is 0.0749. The molecule has 0 spiro atoms. The molecule has 0 aliphatic rings. The predicted octanol–water partition coefficient (Wildman–Crippen LogP) is 4.93. The number of carboxylic acid groups (broad SMARTS) is 2. The quantitative estimate of drug-likeness (QED) is 0.236. The number of nitrogens with zero attached hydrogens (tertiary/aromatic N) is 3. The van der Waals surface area contributed by atoms with Gasteiger partial charge in [0, 0.05) is 18.2 Å². The summed E-state index contributed by atoms with van der Waals surface area (Å²) in [4.78, 5) is 25.1. The summed E-state index contributed by atoms with van der Waals surface area (Å²) in [6.45, 7) is 1.46. The minimum atomic E-state index is -5.08. The Balaban J connectivity index is 0.000000601. The molecule has 2 heterocycles. The van der Waals surface area contributed by atoms with Gasteiger partial charge in [-0.3, -0.25) is 4.40 Å². The van der Waals surface area contributed by atoms with Crippen LogP contribution in [-0.4, -0.2) is 73.7 Å². The Bertz CT molecular complexity index is 1480. The maximum atomic E-state index is 13.7. The molecule has 2 aromatic heterocycles. The van der Waals surface area contributed by atoms with Gasteiger partial charge in [0.25, 0.3) is 0 Å². The first-order valence-electron chi connectivity index (χ1n) is 11.5. The third-order valence-corrected chi connectivity index (χ3v) is 5.49. The van der Waals surface area contributed by atoms with Crippen LogP contribution in [0.2, 0.25) is 0 Å². The largest absolute Gasteiger partial charge is 0.490 e. The molecule has 1 aromatic carbocycles. The number of carboxylic acids is 2. The van der Waals surface area contributed by atoms with Crippen molar-refractivity contribution in [3.05, 3.63) is 47.4 Å². The monoisotopic (exact) mass is 675 g/mol. The molecule has 0 aliphatic heterocycles. The van der Waals surface area contributed by atoms with Crippen molar-refractivity contribution in [2.75, 3.05) is 19.3 Å². The molecular weight excluding hydrogens is 654 g/mol. The van der Waals surface area contributed by atoms with Crippen molar-refractivity contribution in [1.82, 2.24) is 19.7 Å². The van der Waals surface area contributed by atoms with Crippen molar-refractivity contribution < 1.29 is 77.6 Å². The SMILES string of the molecule is CNCCC(O)(c1ccc(C)c(-c2cnc3c(N)nc(C(F)(F)F)cn23)c1)C(F)(F)F.O=C(O)C(F)(F)F.O=C(O)C(F)(F)F. The van der Waals surface area contributed by atoms with Crippen LogP contribution in [0.4, 0.5) is 58.5 Å². The molecule has 0 radical (unpaired) electrons. The van der Waals surface area contributed by atoms with Crippen molar-refractivity contribution in [3.63, 3.8) is 0 Å². The summed E-state index contributed by atoms with van der Waals surface area (Å²) in [7, 11) is 1.45. The Morgan fingerprint density at radius 1 is 0.933 bits per heavy atom. The van der Waals surface area contributed by atoms with Gasteiger partial charge in [-0.05, 0) is 37.7 Å². The van der Waals surface area contributed by atoms with E-state index in [0.29, 0.717) is 11.8 Å². The number of aromatic nitrogens is 3. The van der Waals surface area contributed by atoms with E-state index >= 15 is 0 Å². The summed E-state index contributed by atoms with van der Waals surface area (Å²) >= 11 is 0. The number of aliphatic hydroxyl groups is 1. The number of benzene rings is 1. The fraction of sp³-hybridized carbons (Fsp3) is 0.391. The molecule has 0 saturated heterocycles. The number of nitrogen functional groups attached to an aromatic ring is 1. The summed E-state index contributed by atoms with van der Waals surface area (Å²) in [5, 5.41) is 27.3.